The summed E-state index contributed by atoms with van der Waals surface area (Å²) in [5.41, 5.74) is 18.1. The van der Waals surface area contributed by atoms with E-state index in [2.05, 4.69) is 196 Å². The van der Waals surface area contributed by atoms with E-state index >= 15 is 0 Å². The summed E-state index contributed by atoms with van der Waals surface area (Å²) in [5, 5.41) is 14.9. The molecule has 66 heavy (non-hydrogen) atoms. The van der Waals surface area contributed by atoms with Gasteiger partial charge in [-0.3, -0.25) is 0 Å². The number of rotatable bonds is 4. The molecule has 0 radical (unpaired) electrons. The van der Waals surface area contributed by atoms with E-state index in [-0.39, 0.29) is 5.41 Å². The molecule has 0 saturated carbocycles. The van der Waals surface area contributed by atoms with E-state index in [9.17, 15) is 0 Å². The summed E-state index contributed by atoms with van der Waals surface area (Å²) in [6.45, 7) is 8.41. The van der Waals surface area contributed by atoms with Crippen molar-refractivity contribution >= 4 is 71.6 Å². The molecule has 5 aliphatic rings. The Kier molecular flexibility index (Phi) is 8.95. The maximum atomic E-state index is 2.56. The Hall–Kier alpha value is -7.02. The third-order valence-corrected chi connectivity index (χ3v) is 16.1. The molecular weight excluding hydrogens is 793 g/mol. The van der Waals surface area contributed by atoms with Gasteiger partial charge in [-0.25, -0.2) is 0 Å². The van der Waals surface area contributed by atoms with Crippen LogP contribution < -0.4 is 5.22 Å². The Balaban J connectivity index is 0.00000215. The van der Waals surface area contributed by atoms with Gasteiger partial charge in [-0.05, 0) is 171 Å². The van der Waals surface area contributed by atoms with E-state index in [1.54, 1.807) is 11.1 Å². The highest BCUT2D eigenvalue weighted by atomic mass is 14.6. The van der Waals surface area contributed by atoms with E-state index in [1.807, 2.05) is 13.8 Å². The Bertz CT molecular complexity index is 3780. The van der Waals surface area contributed by atoms with Crippen molar-refractivity contribution < 1.29 is 0 Å². The van der Waals surface area contributed by atoms with Gasteiger partial charge in [-0.2, -0.15) is 0 Å². The fraction of sp³-hybridized carbons (Fsp3) is 0.182. The summed E-state index contributed by atoms with van der Waals surface area (Å²) in [4.78, 5) is 0. The van der Waals surface area contributed by atoms with Crippen LogP contribution in [0.1, 0.15) is 86.8 Å². The van der Waals surface area contributed by atoms with Gasteiger partial charge in [0.05, 0.1) is 5.41 Å². The number of benzene rings is 9. The lowest BCUT2D eigenvalue weighted by atomic mass is 9.63. The molecule has 0 N–H and O–H groups in total. The van der Waals surface area contributed by atoms with Crippen molar-refractivity contribution in [3.05, 3.63) is 220 Å². The zero-order valence-electron chi connectivity index (χ0n) is 38.5. The maximum absolute atomic E-state index is 2.56. The first-order valence-corrected chi connectivity index (χ1v) is 24.7. The zero-order chi connectivity index (χ0) is 44.3. The molecule has 0 heterocycles. The van der Waals surface area contributed by atoms with Crippen molar-refractivity contribution in [2.75, 3.05) is 0 Å². The number of fused-ring (bicyclic) bond motifs is 11. The monoisotopic (exact) mass is 846 g/mol. The minimum absolute atomic E-state index is 0.273. The molecule has 3 unspecified atom stereocenters. The summed E-state index contributed by atoms with van der Waals surface area (Å²) < 4.78 is 0. The van der Waals surface area contributed by atoms with Crippen LogP contribution in [0.3, 0.4) is 0 Å². The highest BCUT2D eigenvalue weighted by molar-refractivity contribution is 6.32. The van der Waals surface area contributed by atoms with Crippen LogP contribution in [0.15, 0.2) is 181 Å². The normalized spacial score (nSPS) is 20.2. The second-order valence-corrected chi connectivity index (χ2v) is 18.9. The zero-order valence-corrected chi connectivity index (χ0v) is 38.5. The molecule has 0 saturated heterocycles. The van der Waals surface area contributed by atoms with Gasteiger partial charge in [0.25, 0.3) is 0 Å². The van der Waals surface area contributed by atoms with Crippen molar-refractivity contribution in [1.82, 2.24) is 0 Å². The largest absolute Gasteiger partial charge is 0.0870 e. The quantitative estimate of drug-likeness (QED) is 0.155. The maximum Gasteiger partial charge on any atom is 0.0540 e. The minimum atomic E-state index is -0.273. The first kappa shape index (κ1) is 39.4. The predicted octanol–water partition coefficient (Wildman–Crippen LogP) is 17.2. The first-order chi connectivity index (χ1) is 32.7. The highest BCUT2D eigenvalue weighted by Gasteiger charge is 2.58. The molecule has 9 aromatic carbocycles. The van der Waals surface area contributed by atoms with E-state index in [0.717, 1.165) is 25.7 Å². The van der Waals surface area contributed by atoms with Crippen molar-refractivity contribution in [2.45, 2.75) is 65.2 Å². The molecule has 9 aromatic rings. The average molecular weight is 847 g/mol. The van der Waals surface area contributed by atoms with Crippen LogP contribution in [0.25, 0.3) is 93.8 Å². The number of aryl methyl sites for hydroxylation is 1. The lowest BCUT2D eigenvalue weighted by molar-refractivity contribution is 0.430. The third-order valence-electron chi connectivity index (χ3n) is 16.1. The van der Waals surface area contributed by atoms with Crippen LogP contribution in [0.4, 0.5) is 0 Å². The van der Waals surface area contributed by atoms with E-state index in [4.69, 9.17) is 0 Å². The third kappa shape index (κ3) is 5.11. The summed E-state index contributed by atoms with van der Waals surface area (Å²) in [5.74, 6) is 0.723. The molecule has 0 fully saturated rings. The van der Waals surface area contributed by atoms with Gasteiger partial charge < -0.3 is 0 Å². The molecule has 14 rings (SSSR count). The molecule has 318 valence electrons. The molecule has 0 heteroatoms. The number of allylic oxidation sites excluding steroid dienone is 10. The van der Waals surface area contributed by atoms with Crippen molar-refractivity contribution in [2.24, 2.45) is 11.8 Å². The fourth-order valence-corrected chi connectivity index (χ4v) is 13.8. The Morgan fingerprint density at radius 3 is 2.30 bits per heavy atom. The second kappa shape index (κ2) is 15.0. The summed E-state index contributed by atoms with van der Waals surface area (Å²) in [7, 11) is 0. The van der Waals surface area contributed by atoms with Gasteiger partial charge in [-0.1, -0.05) is 202 Å². The molecule has 3 atom stereocenters. The van der Waals surface area contributed by atoms with Gasteiger partial charge in [0, 0.05) is 11.8 Å². The Labute approximate surface area is 388 Å². The molecular formula is C66H54. The summed E-state index contributed by atoms with van der Waals surface area (Å²) in [6, 6.07) is 47.6. The van der Waals surface area contributed by atoms with Gasteiger partial charge in [0.15, 0.2) is 0 Å². The van der Waals surface area contributed by atoms with E-state index in [1.165, 1.54) is 127 Å². The lowest BCUT2D eigenvalue weighted by Crippen LogP contribution is -2.34. The fourth-order valence-electron chi connectivity index (χ4n) is 13.8. The molecule has 0 nitrogen and oxygen atoms in total. The van der Waals surface area contributed by atoms with Crippen LogP contribution in [0.5, 0.6) is 0 Å². The highest BCUT2D eigenvalue weighted by Crippen LogP contribution is 2.68. The van der Waals surface area contributed by atoms with Crippen molar-refractivity contribution in [3.8, 4) is 22.3 Å². The topological polar surface area (TPSA) is 0 Å². The number of hydrogen-bond acceptors (Lipinski definition) is 0. The predicted molar refractivity (Wildman–Crippen MR) is 285 cm³/mol. The van der Waals surface area contributed by atoms with Gasteiger partial charge in [-0.15, -0.1) is 0 Å². The second-order valence-electron chi connectivity index (χ2n) is 18.9. The van der Waals surface area contributed by atoms with Gasteiger partial charge in [0.2, 0.25) is 0 Å². The summed E-state index contributed by atoms with van der Waals surface area (Å²) in [6.07, 6.45) is 29.6. The van der Waals surface area contributed by atoms with E-state index in [0.29, 0.717) is 11.8 Å². The minimum Gasteiger partial charge on any atom is -0.0870 e. The molecule has 0 amide bonds. The van der Waals surface area contributed by atoms with Crippen LogP contribution in [0.2, 0.25) is 0 Å². The molecule has 0 aliphatic heterocycles. The van der Waals surface area contributed by atoms with Crippen molar-refractivity contribution in [3.63, 3.8) is 0 Å². The van der Waals surface area contributed by atoms with Crippen molar-refractivity contribution in [1.29, 1.82) is 0 Å². The smallest absolute Gasteiger partial charge is 0.0540 e. The number of hydrogen-bond donors (Lipinski definition) is 0. The van der Waals surface area contributed by atoms with E-state index < -0.39 is 0 Å². The van der Waals surface area contributed by atoms with Crippen LogP contribution in [-0.2, 0) is 11.8 Å². The Morgan fingerprint density at radius 1 is 0.636 bits per heavy atom. The van der Waals surface area contributed by atoms with Crippen LogP contribution >= 0.6 is 0 Å². The van der Waals surface area contributed by atoms with Crippen LogP contribution in [-0.4, -0.2) is 0 Å². The van der Waals surface area contributed by atoms with Crippen LogP contribution in [0, 0.1) is 11.8 Å². The van der Waals surface area contributed by atoms with Gasteiger partial charge >= 0.3 is 0 Å². The average Bonchev–Trinajstić information content (AvgIpc) is 3.55. The lowest BCUT2D eigenvalue weighted by Gasteiger charge is -2.38. The SMILES string of the molecule is C/C=C\c1c(CC)cccc1C1=CCC=c2ccc3c(-c4cc5cccc6c7c(c8cccc4c8c56)C4(C5=C(CCCC=C5)C5C=CC=CC54)c4ccccc4-7)ccc4ccc1c2c43.CC. The Morgan fingerprint density at radius 2 is 1.41 bits per heavy atom. The molecule has 5 aliphatic carbocycles. The standard InChI is InChI=1S/C64H48.C2H6/c1-3-16-42-38(4-2)17-12-23-43(42)44-24-13-18-39-32-35-50-45(34-31-40-33-36-49(44)58(39)59(40)50)54-37-41-19-14-26-52-60(41)61-48(54)25-15-27-53(61)63-62(52)51-22-9-11-30-57(51)64(63)55-28-7-5-6-20-46(55)47-21-8-10-29-56(47)64;1-2/h3,7-12,14-19,21-37,47,56H,4-6,13,20H2,1-2H3;1-2H3/b16-3-;. The molecule has 0 aromatic heterocycles. The first-order valence-electron chi connectivity index (χ1n) is 24.7. The summed E-state index contributed by atoms with van der Waals surface area (Å²) >= 11 is 0. The molecule has 0 bridgehead atoms. The molecule has 1 spiro atoms. The van der Waals surface area contributed by atoms with Gasteiger partial charge in [0.1, 0.15) is 0 Å².